The van der Waals surface area contributed by atoms with Crippen LogP contribution in [-0.4, -0.2) is 34.5 Å². The number of benzene rings is 1. The lowest BCUT2D eigenvalue weighted by atomic mass is 10.2. The van der Waals surface area contributed by atoms with E-state index in [1.807, 2.05) is 0 Å². The van der Waals surface area contributed by atoms with Crippen LogP contribution in [0.2, 0.25) is 0 Å². The van der Waals surface area contributed by atoms with Gasteiger partial charge in [-0.25, -0.2) is 0 Å². The van der Waals surface area contributed by atoms with Crippen molar-refractivity contribution in [2.24, 2.45) is 5.92 Å². The molecular formula is C13H15N3O5. The smallest absolute Gasteiger partial charge is 0.320 e. The first kappa shape index (κ1) is 14.9. The van der Waals surface area contributed by atoms with Crippen LogP contribution in [0.25, 0.3) is 0 Å². The van der Waals surface area contributed by atoms with Gasteiger partial charge in [0.2, 0.25) is 5.91 Å². The second-order valence-corrected chi connectivity index (χ2v) is 4.89. The number of aliphatic carboxylic acids is 1. The highest BCUT2D eigenvalue weighted by Crippen LogP contribution is 2.32. The summed E-state index contributed by atoms with van der Waals surface area (Å²) >= 11 is 0. The van der Waals surface area contributed by atoms with E-state index in [1.165, 1.54) is 24.3 Å². The molecule has 1 saturated carbocycles. The number of carboxylic acids is 1. The largest absolute Gasteiger partial charge is 0.480 e. The van der Waals surface area contributed by atoms with Gasteiger partial charge in [-0.1, -0.05) is 0 Å². The molecule has 0 aromatic heterocycles. The Hall–Kier alpha value is -2.48. The van der Waals surface area contributed by atoms with Gasteiger partial charge < -0.3 is 10.4 Å². The Morgan fingerprint density at radius 3 is 2.43 bits per heavy atom. The summed E-state index contributed by atoms with van der Waals surface area (Å²) in [5, 5.41) is 24.8. The molecule has 1 aliphatic rings. The Bertz CT molecular complexity index is 553. The number of hydrogen-bond acceptors (Lipinski definition) is 5. The number of nitrogens with zero attached hydrogens (tertiary/aromatic N) is 1. The molecule has 1 aliphatic carbocycles. The number of rotatable bonds is 7. The first-order valence-corrected chi connectivity index (χ1v) is 6.48. The van der Waals surface area contributed by atoms with E-state index in [0.29, 0.717) is 5.69 Å². The van der Waals surface area contributed by atoms with Crippen LogP contribution in [0.4, 0.5) is 11.4 Å². The maximum atomic E-state index is 11.7. The Balaban J connectivity index is 1.83. The maximum absolute atomic E-state index is 11.7. The monoisotopic (exact) mass is 293 g/mol. The number of anilines is 1. The standard InChI is InChI=1S/C13H15N3O5/c17-11(7-14-12(13(18)19)8-1-2-8)15-9-3-5-10(6-4-9)16(20)21/h3-6,8,12,14H,1-2,7H2,(H,15,17)(H,18,19). The molecule has 21 heavy (non-hydrogen) atoms. The molecule has 0 bridgehead atoms. The predicted octanol–water partition coefficient (Wildman–Crippen LogP) is 0.986. The van der Waals surface area contributed by atoms with E-state index < -0.39 is 22.8 Å². The molecule has 1 aromatic rings. The Morgan fingerprint density at radius 2 is 1.95 bits per heavy atom. The van der Waals surface area contributed by atoms with E-state index in [0.717, 1.165) is 12.8 Å². The topological polar surface area (TPSA) is 122 Å². The normalized spacial score (nSPS) is 15.2. The van der Waals surface area contributed by atoms with Gasteiger partial charge in [-0.3, -0.25) is 25.0 Å². The molecule has 2 rings (SSSR count). The van der Waals surface area contributed by atoms with Crippen molar-refractivity contribution in [1.29, 1.82) is 0 Å². The number of hydrogen-bond donors (Lipinski definition) is 3. The fourth-order valence-corrected chi connectivity index (χ4v) is 1.96. The molecule has 0 spiro atoms. The molecule has 1 aromatic carbocycles. The number of carbonyl (C=O) groups excluding carboxylic acids is 1. The molecule has 1 fully saturated rings. The van der Waals surface area contributed by atoms with Crippen molar-refractivity contribution in [1.82, 2.24) is 5.32 Å². The Labute approximate surface area is 120 Å². The second-order valence-electron chi connectivity index (χ2n) is 4.89. The summed E-state index contributed by atoms with van der Waals surface area (Å²) in [5.74, 6) is -1.26. The number of carbonyl (C=O) groups is 2. The predicted molar refractivity (Wildman–Crippen MR) is 73.9 cm³/mol. The van der Waals surface area contributed by atoms with E-state index >= 15 is 0 Å². The van der Waals surface area contributed by atoms with Gasteiger partial charge in [0, 0.05) is 17.8 Å². The highest BCUT2D eigenvalue weighted by Gasteiger charge is 2.36. The quantitative estimate of drug-likeness (QED) is 0.509. The minimum atomic E-state index is -0.958. The van der Waals surface area contributed by atoms with Gasteiger partial charge >= 0.3 is 5.97 Å². The molecule has 0 saturated heterocycles. The summed E-state index contributed by atoms with van der Waals surface area (Å²) in [6.45, 7) is -0.121. The van der Waals surface area contributed by atoms with Crippen LogP contribution in [-0.2, 0) is 9.59 Å². The van der Waals surface area contributed by atoms with Gasteiger partial charge in [0.25, 0.3) is 5.69 Å². The van der Waals surface area contributed by atoms with Gasteiger partial charge in [0.15, 0.2) is 0 Å². The van der Waals surface area contributed by atoms with E-state index in [1.54, 1.807) is 0 Å². The van der Waals surface area contributed by atoms with Gasteiger partial charge in [-0.2, -0.15) is 0 Å². The number of nitro groups is 1. The van der Waals surface area contributed by atoms with Crippen molar-refractivity contribution in [2.75, 3.05) is 11.9 Å². The van der Waals surface area contributed by atoms with Crippen molar-refractivity contribution in [3.05, 3.63) is 34.4 Å². The molecule has 0 aliphatic heterocycles. The zero-order valence-corrected chi connectivity index (χ0v) is 11.1. The van der Waals surface area contributed by atoms with Crippen LogP contribution in [0.15, 0.2) is 24.3 Å². The average Bonchev–Trinajstić information content (AvgIpc) is 3.23. The Morgan fingerprint density at radius 1 is 1.33 bits per heavy atom. The van der Waals surface area contributed by atoms with Crippen LogP contribution in [0, 0.1) is 16.0 Å². The molecule has 1 unspecified atom stereocenters. The van der Waals surface area contributed by atoms with Crippen LogP contribution in [0.1, 0.15) is 12.8 Å². The molecule has 0 radical (unpaired) electrons. The number of nitro benzene ring substituents is 1. The number of amides is 1. The third-order valence-corrected chi connectivity index (χ3v) is 3.20. The lowest BCUT2D eigenvalue weighted by Crippen LogP contribution is -2.42. The van der Waals surface area contributed by atoms with E-state index in [-0.39, 0.29) is 18.2 Å². The number of non-ortho nitro benzene ring substituents is 1. The first-order valence-electron chi connectivity index (χ1n) is 6.48. The lowest BCUT2D eigenvalue weighted by Gasteiger charge is -2.13. The van der Waals surface area contributed by atoms with Crippen molar-refractivity contribution >= 4 is 23.3 Å². The fourth-order valence-electron chi connectivity index (χ4n) is 1.96. The van der Waals surface area contributed by atoms with E-state index in [4.69, 9.17) is 5.11 Å². The van der Waals surface area contributed by atoms with E-state index in [2.05, 4.69) is 10.6 Å². The summed E-state index contributed by atoms with van der Waals surface area (Å²) in [7, 11) is 0. The van der Waals surface area contributed by atoms with Crippen molar-refractivity contribution in [2.45, 2.75) is 18.9 Å². The molecule has 8 nitrogen and oxygen atoms in total. The fraction of sp³-hybridized carbons (Fsp3) is 0.385. The molecule has 1 amide bonds. The van der Waals surface area contributed by atoms with Gasteiger partial charge in [-0.15, -0.1) is 0 Å². The lowest BCUT2D eigenvalue weighted by molar-refractivity contribution is -0.384. The summed E-state index contributed by atoms with van der Waals surface area (Å²) in [5.41, 5.74) is 0.358. The second kappa shape index (κ2) is 6.31. The molecule has 8 heteroatoms. The highest BCUT2D eigenvalue weighted by atomic mass is 16.6. The summed E-state index contributed by atoms with van der Waals surface area (Å²) in [6.07, 6.45) is 1.71. The minimum Gasteiger partial charge on any atom is -0.480 e. The average molecular weight is 293 g/mol. The van der Waals surface area contributed by atoms with Gasteiger partial charge in [0.1, 0.15) is 6.04 Å². The van der Waals surface area contributed by atoms with Crippen LogP contribution < -0.4 is 10.6 Å². The molecule has 0 heterocycles. The van der Waals surface area contributed by atoms with Crippen LogP contribution in [0.3, 0.4) is 0 Å². The highest BCUT2D eigenvalue weighted by molar-refractivity contribution is 5.92. The molecular weight excluding hydrogens is 278 g/mol. The zero-order chi connectivity index (χ0) is 15.4. The summed E-state index contributed by atoms with van der Waals surface area (Å²) in [6, 6.07) is 4.71. The summed E-state index contributed by atoms with van der Waals surface area (Å²) < 4.78 is 0. The van der Waals surface area contributed by atoms with E-state index in [9.17, 15) is 19.7 Å². The first-order chi connectivity index (χ1) is 9.97. The molecule has 1 atom stereocenters. The van der Waals surface area contributed by atoms with Crippen molar-refractivity contribution in [3.8, 4) is 0 Å². The molecule has 3 N–H and O–H groups in total. The minimum absolute atomic E-state index is 0.0641. The SMILES string of the molecule is O=C(CNC(C(=O)O)C1CC1)Nc1ccc([N+](=O)[O-])cc1. The van der Waals surface area contributed by atoms with Crippen LogP contribution >= 0.6 is 0 Å². The number of carboxylic acid groups (broad SMARTS) is 1. The summed E-state index contributed by atoms with van der Waals surface area (Å²) in [4.78, 5) is 32.7. The number of nitrogens with one attached hydrogen (secondary N) is 2. The molecule has 112 valence electrons. The zero-order valence-electron chi connectivity index (χ0n) is 11.1. The van der Waals surface area contributed by atoms with Gasteiger partial charge in [0.05, 0.1) is 11.5 Å². The van der Waals surface area contributed by atoms with Crippen molar-refractivity contribution < 1.29 is 19.6 Å². The maximum Gasteiger partial charge on any atom is 0.320 e. The van der Waals surface area contributed by atoms with Crippen LogP contribution in [0.5, 0.6) is 0 Å². The Kier molecular flexibility index (Phi) is 4.49. The third kappa shape index (κ3) is 4.25. The van der Waals surface area contributed by atoms with Gasteiger partial charge in [-0.05, 0) is 30.9 Å². The van der Waals surface area contributed by atoms with Crippen molar-refractivity contribution in [3.63, 3.8) is 0 Å². The third-order valence-electron chi connectivity index (χ3n) is 3.20.